The van der Waals surface area contributed by atoms with Crippen molar-refractivity contribution in [3.05, 3.63) is 23.8 Å². The van der Waals surface area contributed by atoms with E-state index >= 15 is 0 Å². The molecule has 0 fully saturated rings. The van der Waals surface area contributed by atoms with Crippen molar-refractivity contribution in [1.29, 1.82) is 0 Å². The van der Waals surface area contributed by atoms with Crippen LogP contribution in [0.4, 0.5) is 11.4 Å². The number of hydrogen-bond acceptors (Lipinski definition) is 5. The molecule has 1 unspecified atom stereocenters. The third-order valence-corrected chi connectivity index (χ3v) is 3.72. The summed E-state index contributed by atoms with van der Waals surface area (Å²) in [6, 6.07) is 4.98. The molecule has 6 heteroatoms. The van der Waals surface area contributed by atoms with Crippen molar-refractivity contribution in [1.82, 2.24) is 0 Å². The Balaban J connectivity index is 2.75. The van der Waals surface area contributed by atoms with E-state index in [1.165, 1.54) is 7.11 Å². The minimum absolute atomic E-state index is 0.389. The van der Waals surface area contributed by atoms with E-state index in [0.29, 0.717) is 35.0 Å². The van der Waals surface area contributed by atoms with E-state index in [1.807, 2.05) is 6.92 Å². The highest BCUT2D eigenvalue weighted by Gasteiger charge is 2.12. The maximum absolute atomic E-state index is 11.6. The Hall–Kier alpha value is -1.56. The van der Waals surface area contributed by atoms with E-state index in [4.69, 9.17) is 5.73 Å². The average Bonchev–Trinajstić information content (AvgIpc) is 2.39. The molecule has 0 aliphatic rings. The number of anilines is 2. The van der Waals surface area contributed by atoms with Gasteiger partial charge < -0.3 is 15.8 Å². The van der Waals surface area contributed by atoms with Gasteiger partial charge in [0.15, 0.2) is 0 Å². The smallest absolute Gasteiger partial charge is 0.340 e. The summed E-state index contributed by atoms with van der Waals surface area (Å²) < 4.78 is 16.0. The van der Waals surface area contributed by atoms with Gasteiger partial charge >= 0.3 is 5.97 Å². The number of methoxy groups -OCH3 is 1. The van der Waals surface area contributed by atoms with Crippen LogP contribution >= 0.6 is 0 Å². The fraction of sp³-hybridized carbons (Fsp3) is 0.417. The topological polar surface area (TPSA) is 81.4 Å². The second-order valence-corrected chi connectivity index (χ2v) is 5.52. The van der Waals surface area contributed by atoms with Crippen LogP contribution in [-0.4, -0.2) is 35.3 Å². The zero-order chi connectivity index (χ0) is 13.5. The van der Waals surface area contributed by atoms with Crippen LogP contribution in [0.5, 0.6) is 0 Å². The van der Waals surface area contributed by atoms with Crippen molar-refractivity contribution in [2.24, 2.45) is 0 Å². The lowest BCUT2D eigenvalue weighted by Crippen LogP contribution is -2.15. The van der Waals surface area contributed by atoms with Gasteiger partial charge in [0, 0.05) is 40.2 Å². The summed E-state index contributed by atoms with van der Waals surface area (Å²) in [5, 5.41) is 3.07. The molecule has 5 nitrogen and oxygen atoms in total. The summed E-state index contributed by atoms with van der Waals surface area (Å²) in [5.41, 5.74) is 7.16. The highest BCUT2D eigenvalue weighted by atomic mass is 32.2. The lowest BCUT2D eigenvalue weighted by atomic mass is 10.1. The third kappa shape index (κ3) is 4.03. The molecular formula is C12H18N2O3S. The van der Waals surface area contributed by atoms with Crippen molar-refractivity contribution < 1.29 is 13.7 Å². The standard InChI is InChI=1S/C12H18N2O3S/c1-3-18(16)7-6-14-11-5-4-9(13)8-10(11)12(15)17-2/h4-5,8,14H,3,6-7,13H2,1-2H3. The van der Waals surface area contributed by atoms with Crippen LogP contribution in [0.2, 0.25) is 0 Å². The Labute approximate surface area is 109 Å². The maximum Gasteiger partial charge on any atom is 0.340 e. The fourth-order valence-electron chi connectivity index (χ4n) is 1.44. The largest absolute Gasteiger partial charge is 0.465 e. The molecule has 0 aliphatic carbocycles. The molecule has 0 saturated carbocycles. The average molecular weight is 270 g/mol. The van der Waals surface area contributed by atoms with Gasteiger partial charge in [0.2, 0.25) is 0 Å². The van der Waals surface area contributed by atoms with Gasteiger partial charge in [-0.3, -0.25) is 4.21 Å². The van der Waals surface area contributed by atoms with Crippen molar-refractivity contribution in [2.75, 3.05) is 36.2 Å². The molecule has 18 heavy (non-hydrogen) atoms. The number of nitrogen functional groups attached to an aromatic ring is 1. The van der Waals surface area contributed by atoms with Crippen LogP contribution in [0, 0.1) is 0 Å². The molecule has 0 radical (unpaired) electrons. The first kappa shape index (κ1) is 14.5. The Bertz CT molecular complexity index is 449. The lowest BCUT2D eigenvalue weighted by molar-refractivity contribution is 0.0602. The zero-order valence-corrected chi connectivity index (χ0v) is 11.4. The van der Waals surface area contributed by atoms with Crippen LogP contribution in [0.3, 0.4) is 0 Å². The third-order valence-electron chi connectivity index (χ3n) is 2.42. The summed E-state index contributed by atoms with van der Waals surface area (Å²) >= 11 is 0. The minimum atomic E-state index is -0.828. The number of carbonyl (C=O) groups is 1. The van der Waals surface area contributed by atoms with Crippen molar-refractivity contribution >= 4 is 28.1 Å². The number of esters is 1. The minimum Gasteiger partial charge on any atom is -0.465 e. The number of hydrogen-bond donors (Lipinski definition) is 2. The van der Waals surface area contributed by atoms with E-state index in [9.17, 15) is 9.00 Å². The highest BCUT2D eigenvalue weighted by Crippen LogP contribution is 2.19. The molecule has 0 saturated heterocycles. The molecule has 1 aromatic carbocycles. The molecular weight excluding hydrogens is 252 g/mol. The van der Waals surface area contributed by atoms with Crippen LogP contribution in [0.1, 0.15) is 17.3 Å². The number of nitrogens with one attached hydrogen (secondary N) is 1. The molecule has 1 atom stereocenters. The molecule has 0 bridgehead atoms. The number of ether oxygens (including phenoxy) is 1. The first-order chi connectivity index (χ1) is 8.58. The lowest BCUT2D eigenvalue weighted by Gasteiger charge is -2.11. The van der Waals surface area contributed by atoms with Gasteiger partial charge in [-0.25, -0.2) is 4.79 Å². The van der Waals surface area contributed by atoms with Gasteiger partial charge in [-0.05, 0) is 18.2 Å². The second kappa shape index (κ2) is 7.00. The van der Waals surface area contributed by atoms with Crippen LogP contribution in [-0.2, 0) is 15.5 Å². The molecule has 3 N–H and O–H groups in total. The van der Waals surface area contributed by atoms with Crippen LogP contribution < -0.4 is 11.1 Å². The predicted molar refractivity (Wildman–Crippen MR) is 74.2 cm³/mol. The summed E-state index contributed by atoms with van der Waals surface area (Å²) in [6.45, 7) is 2.41. The van der Waals surface area contributed by atoms with Gasteiger partial charge in [-0.1, -0.05) is 6.92 Å². The Morgan fingerprint density at radius 3 is 2.83 bits per heavy atom. The first-order valence-corrected chi connectivity index (χ1v) is 7.14. The predicted octanol–water partition coefficient (Wildman–Crippen LogP) is 1.24. The van der Waals surface area contributed by atoms with Gasteiger partial charge in [0.25, 0.3) is 0 Å². The number of nitrogens with two attached hydrogens (primary N) is 1. The fourth-order valence-corrected chi connectivity index (χ4v) is 2.06. The highest BCUT2D eigenvalue weighted by molar-refractivity contribution is 7.84. The number of rotatable bonds is 6. The first-order valence-electron chi connectivity index (χ1n) is 5.65. The van der Waals surface area contributed by atoms with Gasteiger partial charge in [0.05, 0.1) is 12.7 Å². The Kier molecular flexibility index (Phi) is 5.64. The van der Waals surface area contributed by atoms with Crippen LogP contribution in [0.15, 0.2) is 18.2 Å². The van der Waals surface area contributed by atoms with E-state index in [0.717, 1.165) is 0 Å². The van der Waals surface area contributed by atoms with Crippen molar-refractivity contribution in [3.8, 4) is 0 Å². The molecule has 0 aromatic heterocycles. The maximum atomic E-state index is 11.6. The molecule has 1 rings (SSSR count). The molecule has 0 heterocycles. The molecule has 100 valence electrons. The van der Waals surface area contributed by atoms with E-state index in [1.54, 1.807) is 18.2 Å². The SMILES string of the molecule is CCS(=O)CCNc1ccc(N)cc1C(=O)OC. The number of benzene rings is 1. The quantitative estimate of drug-likeness (QED) is 0.600. The monoisotopic (exact) mass is 270 g/mol. The normalized spacial score (nSPS) is 11.9. The number of carbonyl (C=O) groups excluding carboxylic acids is 1. The Morgan fingerprint density at radius 2 is 2.22 bits per heavy atom. The summed E-state index contributed by atoms with van der Waals surface area (Å²) in [4.78, 5) is 11.6. The summed E-state index contributed by atoms with van der Waals surface area (Å²) in [7, 11) is 0.493. The van der Waals surface area contributed by atoms with Crippen molar-refractivity contribution in [2.45, 2.75) is 6.92 Å². The molecule has 0 aliphatic heterocycles. The molecule has 0 amide bonds. The van der Waals surface area contributed by atoms with Crippen LogP contribution in [0.25, 0.3) is 0 Å². The summed E-state index contributed by atoms with van der Waals surface area (Å²) in [5.74, 6) is 0.732. The Morgan fingerprint density at radius 1 is 1.50 bits per heavy atom. The van der Waals surface area contributed by atoms with E-state index < -0.39 is 16.8 Å². The van der Waals surface area contributed by atoms with Gasteiger partial charge in [-0.15, -0.1) is 0 Å². The molecule has 0 spiro atoms. The van der Waals surface area contributed by atoms with E-state index in [-0.39, 0.29) is 0 Å². The second-order valence-electron chi connectivity index (χ2n) is 3.66. The van der Waals surface area contributed by atoms with E-state index in [2.05, 4.69) is 10.1 Å². The zero-order valence-electron chi connectivity index (χ0n) is 10.6. The molecule has 1 aromatic rings. The van der Waals surface area contributed by atoms with Gasteiger partial charge in [0.1, 0.15) is 0 Å². The van der Waals surface area contributed by atoms with Gasteiger partial charge in [-0.2, -0.15) is 0 Å². The van der Waals surface area contributed by atoms with Crippen molar-refractivity contribution in [3.63, 3.8) is 0 Å². The summed E-state index contributed by atoms with van der Waals surface area (Å²) in [6.07, 6.45) is 0.